The molecule has 0 bridgehead atoms. The fraction of sp³-hybridized carbons (Fsp3) is 0.407. The monoisotopic (exact) mass is 1040 g/mol. The van der Waals surface area contributed by atoms with Crippen LogP contribution in [0.2, 0.25) is 0 Å². The molecule has 14 nitrogen and oxygen atoms in total. The minimum atomic E-state index is -4.77. The van der Waals surface area contributed by atoms with Crippen LogP contribution in [-0.4, -0.2) is 99.3 Å². The van der Waals surface area contributed by atoms with Gasteiger partial charge in [-0.25, -0.2) is 4.98 Å². The van der Waals surface area contributed by atoms with E-state index in [-0.39, 0.29) is 42.8 Å². The summed E-state index contributed by atoms with van der Waals surface area (Å²) < 4.78 is 53.0. The lowest BCUT2D eigenvalue weighted by molar-refractivity contribution is -0.144. The number of halogens is 3. The number of aliphatic hydroxyl groups excluding tert-OH is 2. The van der Waals surface area contributed by atoms with Gasteiger partial charge in [0.1, 0.15) is 24.4 Å². The van der Waals surface area contributed by atoms with Gasteiger partial charge < -0.3 is 40.1 Å². The number of anilines is 2. The summed E-state index contributed by atoms with van der Waals surface area (Å²) in [5, 5.41) is 37.0. The van der Waals surface area contributed by atoms with E-state index in [2.05, 4.69) is 15.6 Å². The maximum atomic E-state index is 14.0. The minimum Gasteiger partial charge on any atom is -0.494 e. The Labute approximate surface area is 432 Å². The summed E-state index contributed by atoms with van der Waals surface area (Å²) >= 11 is 7.30. The predicted octanol–water partition coefficient (Wildman–Crippen LogP) is 8.76. The number of benzene rings is 4. The van der Waals surface area contributed by atoms with Crippen molar-refractivity contribution >= 4 is 57.8 Å². The molecule has 7 rings (SSSR count). The number of aromatic nitrogens is 1. The summed E-state index contributed by atoms with van der Waals surface area (Å²) in [5.74, 6) is -0.608. The summed E-state index contributed by atoms with van der Waals surface area (Å²) in [5.41, 5.74) is 3.77. The van der Waals surface area contributed by atoms with E-state index in [0.29, 0.717) is 31.1 Å². The first-order valence-corrected chi connectivity index (χ1v) is 25.3. The van der Waals surface area contributed by atoms with Crippen LogP contribution in [0.25, 0.3) is 21.6 Å². The number of hydrogen-bond donors (Lipinski definition) is 4. The molecule has 4 aromatic carbocycles. The number of rotatable bonds is 18. The van der Waals surface area contributed by atoms with Crippen molar-refractivity contribution in [3.63, 3.8) is 0 Å². The molecule has 5 aromatic rings. The van der Waals surface area contributed by atoms with Crippen molar-refractivity contribution in [1.82, 2.24) is 20.5 Å². The third-order valence-corrected chi connectivity index (χ3v) is 14.4. The van der Waals surface area contributed by atoms with Crippen LogP contribution in [-0.2, 0) is 31.8 Å². The van der Waals surface area contributed by atoms with E-state index in [9.17, 15) is 43.0 Å². The summed E-state index contributed by atoms with van der Waals surface area (Å²) in [6.07, 6.45) is -4.67. The van der Waals surface area contributed by atoms with Crippen molar-refractivity contribution in [2.75, 3.05) is 36.2 Å². The standard InChI is InChI=1S/C54H60F3N7O7S2/c1-33-46(73-32-60-33)37-12-10-34(11-13-37)29-59-48(67)44-27-41(65)30-62(44)49(68)47(52(2,3)4)61-45(66)31-70-24-8-7-9-25-71-42-22-17-36(18-23-42)35-14-19-39(20-15-35)64-51(72)63(50(69)53(64,5)6)40-21-16-38(28-58)43(26-40)54(55,56)57/h10-23,26,32,41,44,47,50,65,69H,7-9,24-25,27,29-31H2,1-6H3,(H,59,67)(H,61,66)/t41-,44+,47-,50?/m1/s1. The van der Waals surface area contributed by atoms with Crippen LogP contribution >= 0.6 is 23.6 Å². The van der Waals surface area contributed by atoms with Gasteiger partial charge >= 0.3 is 6.18 Å². The number of nitrogens with one attached hydrogen (secondary N) is 2. The normalized spacial score (nSPS) is 18.1. The van der Waals surface area contributed by atoms with Crippen LogP contribution in [0.15, 0.2) is 96.5 Å². The van der Waals surface area contributed by atoms with Gasteiger partial charge in [0, 0.05) is 37.5 Å². The van der Waals surface area contributed by atoms with Crippen molar-refractivity contribution in [2.24, 2.45) is 5.41 Å². The number of nitriles is 1. The number of β-amino-alcohol motifs (C(OH)–C–C–N with tert-alkyl or cyclic N) is 1. The molecule has 2 fully saturated rings. The average molecular weight is 1040 g/mol. The van der Waals surface area contributed by atoms with E-state index < -0.39 is 64.5 Å². The molecular weight excluding hydrogens is 980 g/mol. The highest BCUT2D eigenvalue weighted by Gasteiger charge is 2.51. The van der Waals surface area contributed by atoms with Gasteiger partial charge in [-0.05, 0) is 122 Å². The molecule has 2 saturated heterocycles. The first kappa shape index (κ1) is 54.3. The number of ether oxygens (including phenoxy) is 2. The van der Waals surface area contributed by atoms with E-state index in [1.165, 1.54) is 15.9 Å². The molecule has 386 valence electrons. The lowest BCUT2D eigenvalue weighted by atomic mass is 9.85. The predicted molar refractivity (Wildman–Crippen MR) is 277 cm³/mol. The Morgan fingerprint density at radius 2 is 1.55 bits per heavy atom. The number of thiocarbonyl (C=S) groups is 1. The highest BCUT2D eigenvalue weighted by Crippen LogP contribution is 2.42. The van der Waals surface area contributed by atoms with E-state index in [0.717, 1.165) is 57.8 Å². The zero-order valence-electron chi connectivity index (χ0n) is 41.5. The van der Waals surface area contributed by atoms with Gasteiger partial charge in [0.25, 0.3) is 0 Å². The molecule has 0 aliphatic carbocycles. The van der Waals surface area contributed by atoms with Gasteiger partial charge in [-0.3, -0.25) is 19.3 Å². The Kier molecular flexibility index (Phi) is 17.0. The van der Waals surface area contributed by atoms with Gasteiger partial charge in [-0.2, -0.15) is 18.4 Å². The Hall–Kier alpha value is -6.43. The second-order valence-corrected chi connectivity index (χ2v) is 21.1. The van der Waals surface area contributed by atoms with Crippen molar-refractivity contribution in [3.8, 4) is 33.4 Å². The third kappa shape index (κ3) is 12.7. The first-order chi connectivity index (χ1) is 34.6. The number of carbonyl (C=O) groups is 3. The van der Waals surface area contributed by atoms with E-state index >= 15 is 0 Å². The summed E-state index contributed by atoms with van der Waals surface area (Å²) in [6.45, 7) is 11.7. The topological polar surface area (TPSA) is 181 Å². The van der Waals surface area contributed by atoms with Crippen LogP contribution in [0, 0.1) is 23.7 Å². The third-order valence-electron chi connectivity index (χ3n) is 13.0. The molecule has 73 heavy (non-hydrogen) atoms. The number of nitrogens with zero attached hydrogens (tertiary/aromatic N) is 5. The number of carbonyl (C=O) groups excluding carboxylic acids is 3. The molecule has 0 saturated carbocycles. The van der Waals surface area contributed by atoms with Crippen molar-refractivity contribution in [1.29, 1.82) is 5.26 Å². The molecule has 1 aromatic heterocycles. The molecule has 4 atom stereocenters. The minimum absolute atomic E-state index is 0.0184. The molecule has 4 N–H and O–H groups in total. The van der Waals surface area contributed by atoms with E-state index in [1.807, 2.05) is 100 Å². The van der Waals surface area contributed by atoms with Crippen molar-refractivity contribution in [2.45, 2.75) is 110 Å². The summed E-state index contributed by atoms with van der Waals surface area (Å²) in [4.78, 5) is 50.2. The van der Waals surface area contributed by atoms with Crippen LogP contribution in [0.3, 0.4) is 0 Å². The number of thiazole rings is 1. The fourth-order valence-corrected chi connectivity index (χ4v) is 10.3. The molecule has 0 radical (unpaired) electrons. The van der Waals surface area contributed by atoms with Crippen LogP contribution in [0.5, 0.6) is 5.75 Å². The highest BCUT2D eigenvalue weighted by atomic mass is 32.1. The largest absolute Gasteiger partial charge is 0.494 e. The molecular formula is C54H60F3N7O7S2. The number of aliphatic hydroxyl groups is 2. The van der Waals surface area contributed by atoms with E-state index in [1.54, 1.807) is 41.7 Å². The average Bonchev–Trinajstić information content (AvgIpc) is 4.02. The first-order valence-electron chi connectivity index (χ1n) is 24.0. The Bertz CT molecular complexity index is 2810. The Morgan fingerprint density at radius 3 is 2.16 bits per heavy atom. The number of alkyl halides is 3. The second-order valence-electron chi connectivity index (χ2n) is 19.8. The number of aryl methyl sites for hydroxylation is 1. The van der Waals surface area contributed by atoms with Crippen molar-refractivity contribution in [3.05, 3.63) is 119 Å². The summed E-state index contributed by atoms with van der Waals surface area (Å²) in [6, 6.07) is 25.8. The lowest BCUT2D eigenvalue weighted by Crippen LogP contribution is -2.58. The Morgan fingerprint density at radius 1 is 0.918 bits per heavy atom. The maximum Gasteiger partial charge on any atom is 0.417 e. The van der Waals surface area contributed by atoms with Crippen molar-refractivity contribution < 1.29 is 47.2 Å². The molecule has 19 heteroatoms. The van der Waals surface area contributed by atoms with Crippen LogP contribution in [0.1, 0.15) is 82.7 Å². The summed E-state index contributed by atoms with van der Waals surface area (Å²) in [7, 11) is 0. The SMILES string of the molecule is Cc1ncsc1-c1ccc(CNC(=O)[C@@H]2C[C@@H](O)CN2C(=O)[C@@H](NC(=O)COCCCCCOc2ccc(-c3ccc(N4C(=S)N(c5ccc(C#N)c(C(F)(F)F)c5)C(O)C4(C)C)cc3)cc2)C(C)(C)C)cc1. The molecule has 3 heterocycles. The smallest absolute Gasteiger partial charge is 0.417 e. The second kappa shape index (κ2) is 22.8. The number of amides is 3. The van der Waals surface area contributed by atoms with Gasteiger partial charge in [0.15, 0.2) is 11.3 Å². The zero-order chi connectivity index (χ0) is 52.8. The van der Waals surface area contributed by atoms with Gasteiger partial charge in [0.2, 0.25) is 17.7 Å². The van der Waals surface area contributed by atoms with E-state index in [4.69, 9.17) is 21.7 Å². The van der Waals surface area contributed by atoms with Crippen LogP contribution < -0.4 is 25.2 Å². The highest BCUT2D eigenvalue weighted by molar-refractivity contribution is 7.80. The quantitative estimate of drug-likeness (QED) is 0.0485. The van der Waals surface area contributed by atoms with Gasteiger partial charge in [0.05, 0.1) is 51.5 Å². The van der Waals surface area contributed by atoms with Crippen LogP contribution in [0.4, 0.5) is 24.5 Å². The number of hydrogen-bond acceptors (Lipinski definition) is 11. The molecule has 1 unspecified atom stereocenters. The van der Waals surface area contributed by atoms with Gasteiger partial charge in [-0.1, -0.05) is 69.3 Å². The maximum absolute atomic E-state index is 14.0. The molecule has 2 aliphatic heterocycles. The lowest BCUT2D eigenvalue weighted by Gasteiger charge is -2.35. The molecule has 2 aliphatic rings. The molecule has 3 amide bonds. The van der Waals surface area contributed by atoms with Gasteiger partial charge in [-0.15, -0.1) is 11.3 Å². The molecule has 0 spiro atoms. The zero-order valence-corrected chi connectivity index (χ0v) is 43.2. The number of likely N-dealkylation sites (tertiary alicyclic amines) is 1. The number of unbranched alkanes of at least 4 members (excludes halogenated alkanes) is 2. The fourth-order valence-electron chi connectivity index (χ4n) is 8.97. The Balaban J connectivity index is 0.823.